The third kappa shape index (κ3) is 3.70. The maximum atomic E-state index is 13.1. The molecule has 1 aliphatic heterocycles. The number of rotatable bonds is 5. The Hall–Kier alpha value is -2.09. The van der Waals surface area contributed by atoms with Gasteiger partial charge in [-0.1, -0.05) is 29.8 Å². The number of aryl methyl sites for hydroxylation is 1. The molecular weight excluding hydrogens is 354 g/mol. The van der Waals surface area contributed by atoms with Crippen molar-refractivity contribution in [2.45, 2.75) is 17.9 Å². The predicted molar refractivity (Wildman–Crippen MR) is 98.2 cm³/mol. The average Bonchev–Trinajstić information content (AvgIpc) is 2.68. The Morgan fingerprint density at radius 1 is 1.08 bits per heavy atom. The normalized spacial score (nSPS) is 18.5. The van der Waals surface area contributed by atoms with Crippen LogP contribution in [0.4, 0.5) is 0 Å². The van der Waals surface area contributed by atoms with E-state index in [1.807, 2.05) is 31.2 Å². The number of benzene rings is 2. The number of methoxy groups -OCH3 is 2. The first-order chi connectivity index (χ1) is 12.5. The molecule has 1 unspecified atom stereocenters. The van der Waals surface area contributed by atoms with Crippen LogP contribution >= 0.6 is 0 Å². The third-order valence-electron chi connectivity index (χ3n) is 4.47. The van der Waals surface area contributed by atoms with Crippen molar-refractivity contribution in [2.75, 3.05) is 33.9 Å². The molecule has 140 valence electrons. The first-order valence-electron chi connectivity index (χ1n) is 8.36. The molecule has 1 saturated heterocycles. The van der Waals surface area contributed by atoms with E-state index in [-0.39, 0.29) is 23.3 Å². The predicted octanol–water partition coefficient (Wildman–Crippen LogP) is 2.77. The topological polar surface area (TPSA) is 65.1 Å². The molecule has 1 atom stereocenters. The lowest BCUT2D eigenvalue weighted by Crippen LogP contribution is -2.42. The van der Waals surface area contributed by atoms with Crippen LogP contribution in [0.2, 0.25) is 0 Å². The van der Waals surface area contributed by atoms with E-state index < -0.39 is 10.0 Å². The minimum atomic E-state index is -3.71. The van der Waals surface area contributed by atoms with E-state index in [2.05, 4.69) is 0 Å². The van der Waals surface area contributed by atoms with Gasteiger partial charge in [-0.05, 0) is 24.6 Å². The standard InChI is InChI=1S/C19H23NO5S/c1-14-4-6-15(7-5-14)18-13-20(10-11-25-18)26(21,22)19-9-8-16(23-2)12-17(19)24-3/h4-9,12,18H,10-11,13H2,1-3H3. The molecule has 0 bridgehead atoms. The summed E-state index contributed by atoms with van der Waals surface area (Å²) in [6, 6.07) is 12.7. The zero-order chi connectivity index (χ0) is 18.7. The summed E-state index contributed by atoms with van der Waals surface area (Å²) in [5, 5.41) is 0. The van der Waals surface area contributed by atoms with Gasteiger partial charge in [-0.2, -0.15) is 4.31 Å². The zero-order valence-electron chi connectivity index (χ0n) is 15.1. The Bertz CT molecular complexity index is 864. The molecule has 0 aliphatic carbocycles. The molecule has 1 aliphatic rings. The number of nitrogens with zero attached hydrogens (tertiary/aromatic N) is 1. The molecule has 26 heavy (non-hydrogen) atoms. The highest BCUT2D eigenvalue weighted by Crippen LogP contribution is 2.33. The molecule has 6 nitrogen and oxygen atoms in total. The van der Waals surface area contributed by atoms with Crippen molar-refractivity contribution in [3.63, 3.8) is 0 Å². The smallest absolute Gasteiger partial charge is 0.246 e. The molecule has 3 rings (SSSR count). The van der Waals surface area contributed by atoms with E-state index in [1.165, 1.54) is 24.6 Å². The second kappa shape index (κ2) is 7.65. The largest absolute Gasteiger partial charge is 0.497 e. The van der Waals surface area contributed by atoms with Gasteiger partial charge in [-0.3, -0.25) is 0 Å². The molecule has 0 radical (unpaired) electrons. The van der Waals surface area contributed by atoms with E-state index in [0.29, 0.717) is 18.9 Å². The van der Waals surface area contributed by atoms with Crippen LogP contribution in [-0.2, 0) is 14.8 Å². The molecule has 0 saturated carbocycles. The molecule has 2 aromatic carbocycles. The lowest BCUT2D eigenvalue weighted by molar-refractivity contribution is -0.00259. The van der Waals surface area contributed by atoms with Crippen LogP contribution in [-0.4, -0.2) is 46.6 Å². The van der Waals surface area contributed by atoms with Crippen LogP contribution in [0, 0.1) is 6.92 Å². The van der Waals surface area contributed by atoms with Gasteiger partial charge in [0, 0.05) is 19.2 Å². The summed E-state index contributed by atoms with van der Waals surface area (Å²) in [4.78, 5) is 0.130. The minimum absolute atomic E-state index is 0.130. The number of sulfonamides is 1. The summed E-state index contributed by atoms with van der Waals surface area (Å²) >= 11 is 0. The zero-order valence-corrected chi connectivity index (χ0v) is 16.0. The van der Waals surface area contributed by atoms with Crippen molar-refractivity contribution < 1.29 is 22.6 Å². The van der Waals surface area contributed by atoms with Crippen molar-refractivity contribution in [3.8, 4) is 11.5 Å². The molecule has 0 N–H and O–H groups in total. The van der Waals surface area contributed by atoms with Gasteiger partial charge in [0.25, 0.3) is 0 Å². The number of morpholine rings is 1. The van der Waals surface area contributed by atoms with Crippen LogP contribution in [0.3, 0.4) is 0 Å². The van der Waals surface area contributed by atoms with Crippen molar-refractivity contribution in [2.24, 2.45) is 0 Å². The Morgan fingerprint density at radius 3 is 2.46 bits per heavy atom. The quantitative estimate of drug-likeness (QED) is 0.802. The molecule has 7 heteroatoms. The van der Waals surface area contributed by atoms with Crippen molar-refractivity contribution in [1.29, 1.82) is 0 Å². The van der Waals surface area contributed by atoms with Crippen molar-refractivity contribution in [3.05, 3.63) is 53.6 Å². The van der Waals surface area contributed by atoms with E-state index >= 15 is 0 Å². The van der Waals surface area contributed by atoms with E-state index in [0.717, 1.165) is 11.1 Å². The van der Waals surface area contributed by atoms with Gasteiger partial charge in [0.15, 0.2) is 0 Å². The van der Waals surface area contributed by atoms with Gasteiger partial charge in [-0.25, -0.2) is 8.42 Å². The fourth-order valence-electron chi connectivity index (χ4n) is 2.95. The maximum absolute atomic E-state index is 13.1. The Balaban J connectivity index is 1.88. The SMILES string of the molecule is COc1ccc(S(=O)(=O)N2CCOC(c3ccc(C)cc3)C2)c(OC)c1. The molecule has 0 spiro atoms. The highest BCUT2D eigenvalue weighted by atomic mass is 32.2. The van der Waals surface area contributed by atoms with Gasteiger partial charge in [0.2, 0.25) is 10.0 Å². The summed E-state index contributed by atoms with van der Waals surface area (Å²) in [5.74, 6) is 0.808. The van der Waals surface area contributed by atoms with E-state index in [9.17, 15) is 8.42 Å². The summed E-state index contributed by atoms with van der Waals surface area (Å²) in [7, 11) is -0.735. The van der Waals surface area contributed by atoms with Gasteiger partial charge in [0.05, 0.1) is 26.9 Å². The third-order valence-corrected chi connectivity index (χ3v) is 6.37. The Kier molecular flexibility index (Phi) is 5.50. The lowest BCUT2D eigenvalue weighted by atomic mass is 10.1. The van der Waals surface area contributed by atoms with Crippen LogP contribution in [0.1, 0.15) is 17.2 Å². The monoisotopic (exact) mass is 377 g/mol. The fourth-order valence-corrected chi connectivity index (χ4v) is 4.52. The lowest BCUT2D eigenvalue weighted by Gasteiger charge is -2.32. The fraction of sp³-hybridized carbons (Fsp3) is 0.368. The first-order valence-corrected chi connectivity index (χ1v) is 9.80. The highest BCUT2D eigenvalue weighted by Gasteiger charge is 2.33. The minimum Gasteiger partial charge on any atom is -0.497 e. The Labute approximate surface area is 154 Å². The van der Waals surface area contributed by atoms with E-state index in [4.69, 9.17) is 14.2 Å². The van der Waals surface area contributed by atoms with Gasteiger partial charge >= 0.3 is 0 Å². The van der Waals surface area contributed by atoms with Crippen LogP contribution < -0.4 is 9.47 Å². The average molecular weight is 377 g/mol. The first kappa shape index (κ1) is 18.7. The number of hydrogen-bond donors (Lipinski definition) is 0. The van der Waals surface area contributed by atoms with Gasteiger partial charge in [-0.15, -0.1) is 0 Å². The molecule has 1 fully saturated rings. The summed E-state index contributed by atoms with van der Waals surface area (Å²) < 4.78 is 44.0. The summed E-state index contributed by atoms with van der Waals surface area (Å²) in [6.07, 6.45) is -0.289. The van der Waals surface area contributed by atoms with Crippen molar-refractivity contribution in [1.82, 2.24) is 4.31 Å². The Morgan fingerprint density at radius 2 is 1.81 bits per heavy atom. The summed E-state index contributed by atoms with van der Waals surface area (Å²) in [5.41, 5.74) is 2.12. The van der Waals surface area contributed by atoms with Crippen molar-refractivity contribution >= 4 is 10.0 Å². The van der Waals surface area contributed by atoms with Gasteiger partial charge in [0.1, 0.15) is 16.4 Å². The highest BCUT2D eigenvalue weighted by molar-refractivity contribution is 7.89. The van der Waals surface area contributed by atoms with Crippen LogP contribution in [0.5, 0.6) is 11.5 Å². The second-order valence-electron chi connectivity index (χ2n) is 6.15. The molecule has 2 aromatic rings. The number of hydrogen-bond acceptors (Lipinski definition) is 5. The second-order valence-corrected chi connectivity index (χ2v) is 8.06. The van der Waals surface area contributed by atoms with Crippen LogP contribution in [0.15, 0.2) is 47.4 Å². The number of ether oxygens (including phenoxy) is 3. The van der Waals surface area contributed by atoms with Crippen LogP contribution in [0.25, 0.3) is 0 Å². The molecular formula is C19H23NO5S. The summed E-state index contributed by atoms with van der Waals surface area (Å²) in [6.45, 7) is 2.93. The van der Waals surface area contributed by atoms with E-state index in [1.54, 1.807) is 12.1 Å². The van der Waals surface area contributed by atoms with Gasteiger partial charge < -0.3 is 14.2 Å². The molecule has 0 aromatic heterocycles. The molecule has 1 heterocycles. The molecule has 0 amide bonds. The maximum Gasteiger partial charge on any atom is 0.246 e.